The minimum atomic E-state index is -0.480. The lowest BCUT2D eigenvalue weighted by Gasteiger charge is -2.08. The maximum atomic E-state index is 10.4. The number of amides is 1. The standard InChI is InChI=1S/C11H18N4O3/c1-3-18-11-6-10(14-8(2)15-11)13-4-5-17-7-9(12)16/h6H,3-5,7H2,1-2H3,(H2,12,16)(H,13,14,15). The van der Waals surface area contributed by atoms with Gasteiger partial charge in [0.05, 0.1) is 13.2 Å². The van der Waals surface area contributed by atoms with E-state index in [2.05, 4.69) is 15.3 Å². The first-order valence-electron chi connectivity index (χ1n) is 5.70. The molecule has 0 aliphatic rings. The summed E-state index contributed by atoms with van der Waals surface area (Å²) in [5.74, 6) is 1.34. The molecule has 0 saturated carbocycles. The fourth-order valence-electron chi connectivity index (χ4n) is 1.28. The molecule has 1 heterocycles. The molecule has 0 spiro atoms. The van der Waals surface area contributed by atoms with Crippen LogP contribution in [0.15, 0.2) is 6.07 Å². The van der Waals surface area contributed by atoms with E-state index in [1.165, 1.54) is 0 Å². The Kier molecular flexibility index (Phi) is 5.86. The number of nitrogens with one attached hydrogen (secondary N) is 1. The number of nitrogens with zero attached hydrogens (tertiary/aromatic N) is 2. The number of aryl methyl sites for hydroxylation is 1. The fourth-order valence-corrected chi connectivity index (χ4v) is 1.28. The largest absolute Gasteiger partial charge is 0.478 e. The lowest BCUT2D eigenvalue weighted by molar-refractivity contribution is -0.122. The monoisotopic (exact) mass is 254 g/mol. The number of nitrogens with two attached hydrogens (primary N) is 1. The van der Waals surface area contributed by atoms with Gasteiger partial charge in [-0.1, -0.05) is 0 Å². The van der Waals surface area contributed by atoms with Gasteiger partial charge >= 0.3 is 0 Å². The van der Waals surface area contributed by atoms with E-state index in [-0.39, 0.29) is 6.61 Å². The number of carbonyl (C=O) groups excluding carboxylic acids is 1. The maximum Gasteiger partial charge on any atom is 0.243 e. The summed E-state index contributed by atoms with van der Waals surface area (Å²) in [5, 5.41) is 3.05. The highest BCUT2D eigenvalue weighted by Crippen LogP contribution is 2.12. The van der Waals surface area contributed by atoms with E-state index in [1.807, 2.05) is 6.92 Å². The first kappa shape index (κ1) is 14.2. The SMILES string of the molecule is CCOc1cc(NCCOCC(N)=O)nc(C)n1. The summed E-state index contributed by atoms with van der Waals surface area (Å²) >= 11 is 0. The molecule has 0 aliphatic heterocycles. The van der Waals surface area contributed by atoms with Crippen molar-refractivity contribution in [2.75, 3.05) is 31.7 Å². The van der Waals surface area contributed by atoms with Crippen LogP contribution in [0.25, 0.3) is 0 Å². The highest BCUT2D eigenvalue weighted by atomic mass is 16.5. The van der Waals surface area contributed by atoms with E-state index < -0.39 is 5.91 Å². The van der Waals surface area contributed by atoms with Crippen molar-refractivity contribution in [3.8, 4) is 5.88 Å². The second-order valence-corrected chi connectivity index (χ2v) is 3.52. The molecule has 100 valence electrons. The van der Waals surface area contributed by atoms with Crippen molar-refractivity contribution in [1.29, 1.82) is 0 Å². The topological polar surface area (TPSA) is 99.4 Å². The highest BCUT2D eigenvalue weighted by Gasteiger charge is 2.02. The Morgan fingerprint density at radius 1 is 1.50 bits per heavy atom. The third-order valence-corrected chi connectivity index (χ3v) is 1.90. The Balaban J connectivity index is 2.39. The Morgan fingerprint density at radius 3 is 2.94 bits per heavy atom. The van der Waals surface area contributed by atoms with Crippen molar-refractivity contribution in [1.82, 2.24) is 9.97 Å². The van der Waals surface area contributed by atoms with Gasteiger partial charge < -0.3 is 20.5 Å². The maximum absolute atomic E-state index is 10.4. The van der Waals surface area contributed by atoms with Crippen LogP contribution in [0.2, 0.25) is 0 Å². The Bertz CT molecular complexity index is 398. The summed E-state index contributed by atoms with van der Waals surface area (Å²) in [5.41, 5.74) is 4.94. The van der Waals surface area contributed by atoms with Crippen molar-refractivity contribution in [3.63, 3.8) is 0 Å². The van der Waals surface area contributed by atoms with Crippen LogP contribution in [-0.2, 0) is 9.53 Å². The average Bonchev–Trinajstić information content (AvgIpc) is 2.28. The van der Waals surface area contributed by atoms with E-state index in [1.54, 1.807) is 13.0 Å². The van der Waals surface area contributed by atoms with Crippen molar-refractivity contribution in [2.45, 2.75) is 13.8 Å². The highest BCUT2D eigenvalue weighted by molar-refractivity contribution is 5.74. The summed E-state index contributed by atoms with van der Waals surface area (Å²) in [6.07, 6.45) is 0. The Morgan fingerprint density at radius 2 is 2.28 bits per heavy atom. The molecule has 1 amide bonds. The van der Waals surface area contributed by atoms with Gasteiger partial charge in [-0.3, -0.25) is 4.79 Å². The number of carbonyl (C=O) groups is 1. The van der Waals surface area contributed by atoms with Gasteiger partial charge in [0.25, 0.3) is 0 Å². The van der Waals surface area contributed by atoms with Gasteiger partial charge in [0, 0.05) is 12.6 Å². The molecule has 0 radical (unpaired) electrons. The molecule has 0 aliphatic carbocycles. The first-order valence-corrected chi connectivity index (χ1v) is 5.70. The van der Waals surface area contributed by atoms with Gasteiger partial charge in [0.1, 0.15) is 18.2 Å². The van der Waals surface area contributed by atoms with Crippen molar-refractivity contribution < 1.29 is 14.3 Å². The molecular formula is C11H18N4O3. The van der Waals surface area contributed by atoms with Gasteiger partial charge in [-0.2, -0.15) is 4.98 Å². The minimum absolute atomic E-state index is 0.0747. The fraction of sp³-hybridized carbons (Fsp3) is 0.545. The molecule has 0 atom stereocenters. The molecule has 7 heteroatoms. The number of hydrogen-bond acceptors (Lipinski definition) is 6. The lowest BCUT2D eigenvalue weighted by atomic mass is 10.5. The molecule has 3 N–H and O–H groups in total. The summed E-state index contributed by atoms with van der Waals surface area (Å²) < 4.78 is 10.3. The normalized spacial score (nSPS) is 10.1. The first-order chi connectivity index (χ1) is 8.61. The second kappa shape index (κ2) is 7.44. The van der Waals surface area contributed by atoms with Crippen LogP contribution in [0.3, 0.4) is 0 Å². The zero-order chi connectivity index (χ0) is 13.4. The third-order valence-electron chi connectivity index (χ3n) is 1.90. The molecular weight excluding hydrogens is 236 g/mol. The molecule has 0 saturated heterocycles. The van der Waals surface area contributed by atoms with E-state index in [0.29, 0.717) is 37.3 Å². The van der Waals surface area contributed by atoms with Gasteiger partial charge in [0.15, 0.2) is 0 Å². The van der Waals surface area contributed by atoms with Crippen molar-refractivity contribution in [2.24, 2.45) is 5.73 Å². The minimum Gasteiger partial charge on any atom is -0.478 e. The van der Waals surface area contributed by atoms with Gasteiger partial charge in [0.2, 0.25) is 11.8 Å². The van der Waals surface area contributed by atoms with Crippen molar-refractivity contribution in [3.05, 3.63) is 11.9 Å². The summed E-state index contributed by atoms with van der Waals surface area (Å²) in [6, 6.07) is 1.71. The summed E-state index contributed by atoms with van der Waals surface area (Å²) in [4.78, 5) is 18.8. The van der Waals surface area contributed by atoms with Crippen LogP contribution in [-0.4, -0.2) is 42.2 Å². The Hall–Kier alpha value is -1.89. The molecule has 0 fully saturated rings. The van der Waals surface area contributed by atoms with Crippen LogP contribution in [0.5, 0.6) is 5.88 Å². The predicted molar refractivity (Wildman–Crippen MR) is 66.4 cm³/mol. The van der Waals surface area contributed by atoms with Crippen LogP contribution in [0.4, 0.5) is 5.82 Å². The predicted octanol–water partition coefficient (Wildman–Crippen LogP) is 0.0975. The van der Waals surface area contributed by atoms with E-state index in [0.717, 1.165) is 0 Å². The van der Waals surface area contributed by atoms with Gasteiger partial charge in [-0.05, 0) is 13.8 Å². The van der Waals surface area contributed by atoms with E-state index >= 15 is 0 Å². The van der Waals surface area contributed by atoms with Crippen LogP contribution >= 0.6 is 0 Å². The number of aromatic nitrogens is 2. The molecule has 0 aromatic carbocycles. The van der Waals surface area contributed by atoms with Crippen molar-refractivity contribution >= 4 is 11.7 Å². The molecule has 18 heavy (non-hydrogen) atoms. The summed E-state index contributed by atoms with van der Waals surface area (Å²) in [6.45, 7) is 5.05. The number of hydrogen-bond donors (Lipinski definition) is 2. The van der Waals surface area contributed by atoms with Gasteiger partial charge in [-0.25, -0.2) is 4.98 Å². The molecule has 0 bridgehead atoms. The summed E-state index contributed by atoms with van der Waals surface area (Å²) in [7, 11) is 0. The van der Waals surface area contributed by atoms with Crippen LogP contribution in [0, 0.1) is 6.92 Å². The van der Waals surface area contributed by atoms with Gasteiger partial charge in [-0.15, -0.1) is 0 Å². The average molecular weight is 254 g/mol. The lowest BCUT2D eigenvalue weighted by Crippen LogP contribution is -2.20. The van der Waals surface area contributed by atoms with E-state index in [9.17, 15) is 4.79 Å². The molecule has 1 rings (SSSR count). The Labute approximate surface area is 106 Å². The van der Waals surface area contributed by atoms with E-state index in [4.69, 9.17) is 15.2 Å². The quantitative estimate of drug-likeness (QED) is 0.638. The second-order valence-electron chi connectivity index (χ2n) is 3.52. The van der Waals surface area contributed by atoms with Crippen LogP contribution in [0.1, 0.15) is 12.7 Å². The molecule has 7 nitrogen and oxygen atoms in total. The van der Waals surface area contributed by atoms with Crippen LogP contribution < -0.4 is 15.8 Å². The zero-order valence-corrected chi connectivity index (χ0v) is 10.6. The molecule has 1 aromatic rings. The molecule has 1 aromatic heterocycles. The number of primary amides is 1. The number of rotatable bonds is 8. The third kappa shape index (κ3) is 5.44. The zero-order valence-electron chi connectivity index (χ0n) is 10.6. The molecule has 0 unspecified atom stereocenters. The smallest absolute Gasteiger partial charge is 0.243 e. The number of anilines is 1. The number of ether oxygens (including phenoxy) is 2.